The van der Waals surface area contributed by atoms with Crippen molar-refractivity contribution in [2.45, 2.75) is 25.8 Å². The van der Waals surface area contributed by atoms with Crippen molar-refractivity contribution in [3.63, 3.8) is 0 Å². The lowest BCUT2D eigenvalue weighted by Gasteiger charge is -2.14. The number of rotatable bonds is 5. The molecular formula is C13H16ClNO. The van der Waals surface area contributed by atoms with Gasteiger partial charge in [-0.1, -0.05) is 11.6 Å². The molecule has 0 aliphatic rings. The fraction of sp³-hybridized carbons (Fsp3) is 0.385. The highest BCUT2D eigenvalue weighted by molar-refractivity contribution is 6.30. The number of nitrogens with two attached hydrogens (primary N) is 1. The van der Waals surface area contributed by atoms with Crippen molar-refractivity contribution in [2.24, 2.45) is 5.73 Å². The third-order valence-electron chi connectivity index (χ3n) is 2.19. The Labute approximate surface area is 102 Å². The van der Waals surface area contributed by atoms with E-state index < -0.39 is 0 Å². The highest BCUT2D eigenvalue weighted by atomic mass is 35.5. The van der Waals surface area contributed by atoms with Crippen molar-refractivity contribution >= 4 is 11.6 Å². The highest BCUT2D eigenvalue weighted by Gasteiger charge is 2.08. The lowest BCUT2D eigenvalue weighted by atomic mass is 10.1. The maximum atomic E-state index is 5.91. The third-order valence-corrected chi connectivity index (χ3v) is 2.42. The van der Waals surface area contributed by atoms with Gasteiger partial charge in [-0.3, -0.25) is 0 Å². The summed E-state index contributed by atoms with van der Waals surface area (Å²) in [6.07, 6.45) is 6.73. The van der Waals surface area contributed by atoms with Crippen LogP contribution in [-0.2, 0) is 0 Å². The van der Waals surface area contributed by atoms with Crippen LogP contribution in [-0.4, -0.2) is 6.61 Å². The van der Waals surface area contributed by atoms with E-state index in [4.69, 9.17) is 28.5 Å². The predicted octanol–water partition coefficient (Wildman–Crippen LogP) is 3.15. The molecule has 0 bridgehead atoms. The molecular weight excluding hydrogens is 222 g/mol. The van der Waals surface area contributed by atoms with E-state index in [9.17, 15) is 0 Å². The summed E-state index contributed by atoms with van der Waals surface area (Å²) in [4.78, 5) is 0. The molecule has 86 valence electrons. The Morgan fingerprint density at radius 3 is 2.94 bits per heavy atom. The molecule has 0 radical (unpaired) electrons. The number of benzene rings is 1. The SMILES string of the molecule is C#CCCCOc1ccc(Cl)cc1[C@H](C)N. The molecule has 1 aromatic carbocycles. The quantitative estimate of drug-likeness (QED) is 0.631. The standard InChI is InChI=1S/C13H16ClNO/c1-3-4-5-8-16-13-7-6-11(14)9-12(13)10(2)15/h1,6-7,9-10H,4-5,8,15H2,2H3/t10-/m0/s1. The smallest absolute Gasteiger partial charge is 0.124 e. The molecule has 1 aromatic rings. The average molecular weight is 238 g/mol. The van der Waals surface area contributed by atoms with Crippen molar-refractivity contribution in [3.8, 4) is 18.1 Å². The zero-order valence-corrected chi connectivity index (χ0v) is 10.1. The Balaban J connectivity index is 2.68. The molecule has 1 atom stereocenters. The van der Waals surface area contributed by atoms with Crippen molar-refractivity contribution in [2.75, 3.05) is 6.61 Å². The normalized spacial score (nSPS) is 11.9. The first-order valence-electron chi connectivity index (χ1n) is 5.26. The summed E-state index contributed by atoms with van der Waals surface area (Å²) < 4.78 is 5.62. The number of terminal acetylenes is 1. The van der Waals surface area contributed by atoms with Gasteiger partial charge in [0.1, 0.15) is 5.75 Å². The van der Waals surface area contributed by atoms with E-state index in [0.29, 0.717) is 11.6 Å². The molecule has 0 saturated heterocycles. The van der Waals surface area contributed by atoms with Crippen LogP contribution in [0, 0.1) is 12.3 Å². The van der Waals surface area contributed by atoms with Crippen molar-refractivity contribution in [1.29, 1.82) is 0 Å². The minimum atomic E-state index is -0.0960. The van der Waals surface area contributed by atoms with E-state index in [-0.39, 0.29) is 6.04 Å². The van der Waals surface area contributed by atoms with Gasteiger partial charge in [0.15, 0.2) is 0 Å². The van der Waals surface area contributed by atoms with Crippen LogP contribution in [0.3, 0.4) is 0 Å². The summed E-state index contributed by atoms with van der Waals surface area (Å²) in [6, 6.07) is 5.38. The van der Waals surface area contributed by atoms with Gasteiger partial charge in [0.25, 0.3) is 0 Å². The van der Waals surface area contributed by atoms with Crippen LogP contribution in [0.15, 0.2) is 18.2 Å². The van der Waals surface area contributed by atoms with Crippen molar-refractivity contribution in [1.82, 2.24) is 0 Å². The average Bonchev–Trinajstić information content (AvgIpc) is 2.26. The van der Waals surface area contributed by atoms with Crippen LogP contribution in [0.4, 0.5) is 0 Å². The Morgan fingerprint density at radius 2 is 2.31 bits per heavy atom. The summed E-state index contributed by atoms with van der Waals surface area (Å²) in [7, 11) is 0. The molecule has 0 aromatic heterocycles. The number of halogens is 1. The van der Waals surface area contributed by atoms with Crippen LogP contribution < -0.4 is 10.5 Å². The van der Waals surface area contributed by atoms with Crippen LogP contribution in [0.2, 0.25) is 5.02 Å². The van der Waals surface area contributed by atoms with Gasteiger partial charge in [-0.05, 0) is 31.5 Å². The number of hydrogen-bond donors (Lipinski definition) is 1. The van der Waals surface area contributed by atoms with E-state index in [0.717, 1.165) is 24.2 Å². The van der Waals surface area contributed by atoms with Gasteiger partial charge in [-0.25, -0.2) is 0 Å². The second-order valence-corrected chi connectivity index (χ2v) is 4.06. The predicted molar refractivity (Wildman–Crippen MR) is 67.6 cm³/mol. The van der Waals surface area contributed by atoms with E-state index in [1.807, 2.05) is 19.1 Å². The molecule has 2 nitrogen and oxygen atoms in total. The van der Waals surface area contributed by atoms with E-state index in [2.05, 4.69) is 5.92 Å². The van der Waals surface area contributed by atoms with Gasteiger partial charge >= 0.3 is 0 Å². The van der Waals surface area contributed by atoms with E-state index >= 15 is 0 Å². The van der Waals surface area contributed by atoms with Gasteiger partial charge in [0.2, 0.25) is 0 Å². The van der Waals surface area contributed by atoms with Crippen LogP contribution in [0.1, 0.15) is 31.4 Å². The number of unbranched alkanes of at least 4 members (excludes halogenated alkanes) is 1. The lowest BCUT2D eigenvalue weighted by molar-refractivity contribution is 0.308. The van der Waals surface area contributed by atoms with Crippen LogP contribution in [0.5, 0.6) is 5.75 Å². The first-order valence-corrected chi connectivity index (χ1v) is 5.64. The molecule has 0 amide bonds. The summed E-state index contributed by atoms with van der Waals surface area (Å²) in [5.41, 5.74) is 6.77. The second kappa shape index (κ2) is 6.42. The summed E-state index contributed by atoms with van der Waals surface area (Å²) in [6.45, 7) is 2.51. The summed E-state index contributed by atoms with van der Waals surface area (Å²) in [5.74, 6) is 3.36. The van der Waals surface area contributed by atoms with Crippen LogP contribution in [0.25, 0.3) is 0 Å². The molecule has 0 spiro atoms. The van der Waals surface area contributed by atoms with Crippen molar-refractivity contribution in [3.05, 3.63) is 28.8 Å². The maximum absolute atomic E-state index is 5.91. The highest BCUT2D eigenvalue weighted by Crippen LogP contribution is 2.27. The van der Waals surface area contributed by atoms with Gasteiger partial charge in [0, 0.05) is 23.0 Å². The number of hydrogen-bond acceptors (Lipinski definition) is 2. The molecule has 0 aliphatic heterocycles. The summed E-state index contributed by atoms with van der Waals surface area (Å²) in [5, 5.41) is 0.670. The largest absolute Gasteiger partial charge is 0.493 e. The first kappa shape index (κ1) is 12.9. The monoisotopic (exact) mass is 237 g/mol. The fourth-order valence-electron chi connectivity index (χ4n) is 1.36. The Morgan fingerprint density at radius 1 is 1.56 bits per heavy atom. The maximum Gasteiger partial charge on any atom is 0.124 e. The molecule has 2 N–H and O–H groups in total. The lowest BCUT2D eigenvalue weighted by Crippen LogP contribution is -2.08. The van der Waals surface area contributed by atoms with Crippen LogP contribution >= 0.6 is 11.6 Å². The van der Waals surface area contributed by atoms with E-state index in [1.54, 1.807) is 6.07 Å². The third kappa shape index (κ3) is 3.77. The zero-order valence-electron chi connectivity index (χ0n) is 9.37. The molecule has 16 heavy (non-hydrogen) atoms. The first-order chi connectivity index (χ1) is 7.65. The zero-order chi connectivity index (χ0) is 12.0. The van der Waals surface area contributed by atoms with Gasteiger partial charge in [-0.2, -0.15) is 0 Å². The Hall–Kier alpha value is -1.17. The van der Waals surface area contributed by atoms with Crippen molar-refractivity contribution < 1.29 is 4.74 Å². The second-order valence-electron chi connectivity index (χ2n) is 3.63. The topological polar surface area (TPSA) is 35.2 Å². The molecule has 0 unspecified atom stereocenters. The molecule has 0 fully saturated rings. The molecule has 3 heteroatoms. The Kier molecular flexibility index (Phi) is 5.18. The molecule has 1 rings (SSSR count). The molecule has 0 saturated carbocycles. The summed E-state index contributed by atoms with van der Waals surface area (Å²) >= 11 is 5.91. The Bertz CT molecular complexity index is 382. The van der Waals surface area contributed by atoms with Gasteiger partial charge in [0.05, 0.1) is 6.61 Å². The van der Waals surface area contributed by atoms with Gasteiger partial charge < -0.3 is 10.5 Å². The minimum Gasteiger partial charge on any atom is -0.493 e. The molecule has 0 aliphatic carbocycles. The number of ether oxygens (including phenoxy) is 1. The minimum absolute atomic E-state index is 0.0960. The van der Waals surface area contributed by atoms with Gasteiger partial charge in [-0.15, -0.1) is 12.3 Å². The van der Waals surface area contributed by atoms with E-state index in [1.165, 1.54) is 0 Å². The molecule has 0 heterocycles. The fourth-order valence-corrected chi connectivity index (χ4v) is 1.54.